The minimum Gasteiger partial charge on any atom is -0.394 e. The molecule has 4 N–H and O–H groups in total. The van der Waals surface area contributed by atoms with Crippen LogP contribution in [0.4, 0.5) is 10.2 Å². The zero-order chi connectivity index (χ0) is 17.8. The van der Waals surface area contributed by atoms with Gasteiger partial charge >= 0.3 is 0 Å². The lowest BCUT2D eigenvalue weighted by Crippen LogP contribution is -2.31. The third kappa shape index (κ3) is 7.19. The first-order chi connectivity index (χ1) is 11.6. The van der Waals surface area contributed by atoms with E-state index >= 15 is 0 Å². The number of amides is 1. The largest absolute Gasteiger partial charge is 0.394 e. The van der Waals surface area contributed by atoms with E-state index in [1.807, 2.05) is 0 Å². The molecule has 0 unspecified atom stereocenters. The Morgan fingerprint density at radius 1 is 1.38 bits per heavy atom. The molecule has 7 nitrogen and oxygen atoms in total. The Labute approximate surface area is 141 Å². The van der Waals surface area contributed by atoms with Crippen LogP contribution in [0.25, 0.3) is 0 Å². The highest BCUT2D eigenvalue weighted by Crippen LogP contribution is 2.14. The monoisotopic (exact) mass is 337 g/mol. The zero-order valence-electron chi connectivity index (χ0n) is 13.8. The summed E-state index contributed by atoms with van der Waals surface area (Å²) >= 11 is 0. The lowest BCUT2D eigenvalue weighted by molar-refractivity contribution is -0.129. The summed E-state index contributed by atoms with van der Waals surface area (Å²) in [7, 11) is 1.74. The van der Waals surface area contributed by atoms with E-state index in [1.54, 1.807) is 35.8 Å². The standard InChI is InChI=1S/C16H24FN5O2/c1-19-10-9-14(18)22(15-8-7-13(17)12-20-15)11-5-3-2-4-6-16(23)21-24/h7-10,12,18-19,24H,2-6,11H2,1H3,(H,21,23)/b10-9-,18-14?. The van der Waals surface area contributed by atoms with Crippen LogP contribution in [0, 0.1) is 11.2 Å². The van der Waals surface area contributed by atoms with E-state index in [2.05, 4.69) is 10.3 Å². The number of aromatic nitrogens is 1. The van der Waals surface area contributed by atoms with Crippen LogP contribution in [0.3, 0.4) is 0 Å². The highest BCUT2D eigenvalue weighted by atomic mass is 19.1. The smallest absolute Gasteiger partial charge is 0.243 e. The van der Waals surface area contributed by atoms with Gasteiger partial charge in [-0.1, -0.05) is 12.8 Å². The maximum Gasteiger partial charge on any atom is 0.243 e. The van der Waals surface area contributed by atoms with Crippen molar-refractivity contribution in [3.05, 3.63) is 36.4 Å². The number of anilines is 1. The molecule has 1 heterocycles. The SMILES string of the molecule is CN/C=C\C(=N)N(CCCCCCC(=O)NO)c1ccc(F)cn1. The van der Waals surface area contributed by atoms with Crippen LogP contribution < -0.4 is 15.7 Å². The van der Waals surface area contributed by atoms with Gasteiger partial charge < -0.3 is 10.2 Å². The van der Waals surface area contributed by atoms with Crippen molar-refractivity contribution < 1.29 is 14.4 Å². The van der Waals surface area contributed by atoms with Crippen molar-refractivity contribution in [1.82, 2.24) is 15.8 Å². The summed E-state index contributed by atoms with van der Waals surface area (Å²) < 4.78 is 13.0. The number of nitrogens with one attached hydrogen (secondary N) is 3. The summed E-state index contributed by atoms with van der Waals surface area (Å²) in [5, 5.41) is 19.4. The van der Waals surface area contributed by atoms with E-state index in [4.69, 9.17) is 10.6 Å². The van der Waals surface area contributed by atoms with Crippen molar-refractivity contribution >= 4 is 17.6 Å². The van der Waals surface area contributed by atoms with Gasteiger partial charge in [0.25, 0.3) is 0 Å². The van der Waals surface area contributed by atoms with E-state index < -0.39 is 5.82 Å². The van der Waals surface area contributed by atoms with Crippen molar-refractivity contribution in [3.8, 4) is 0 Å². The van der Waals surface area contributed by atoms with Crippen molar-refractivity contribution in [2.24, 2.45) is 0 Å². The van der Waals surface area contributed by atoms with Gasteiger partial charge in [0.2, 0.25) is 5.91 Å². The second-order valence-corrected chi connectivity index (χ2v) is 5.19. The quantitative estimate of drug-likeness (QED) is 0.172. The van der Waals surface area contributed by atoms with Crippen LogP contribution in [0.1, 0.15) is 32.1 Å². The first-order valence-electron chi connectivity index (χ1n) is 7.83. The predicted octanol–water partition coefficient (Wildman–Crippen LogP) is 2.19. The molecule has 0 fully saturated rings. The first-order valence-corrected chi connectivity index (χ1v) is 7.83. The van der Waals surface area contributed by atoms with Crippen LogP contribution >= 0.6 is 0 Å². The van der Waals surface area contributed by atoms with Crippen molar-refractivity contribution in [2.75, 3.05) is 18.5 Å². The molecule has 1 aromatic rings. The topological polar surface area (TPSA) is 101 Å². The minimum absolute atomic E-state index is 0.253. The molecule has 1 amide bonds. The molecule has 0 aliphatic carbocycles. The van der Waals surface area contributed by atoms with Gasteiger partial charge in [0, 0.05) is 20.0 Å². The summed E-state index contributed by atoms with van der Waals surface area (Å²) in [5.74, 6) is -0.0331. The second kappa shape index (κ2) is 11.1. The van der Waals surface area contributed by atoms with E-state index in [0.717, 1.165) is 25.5 Å². The molecule has 0 bridgehead atoms. The van der Waals surface area contributed by atoms with Crippen LogP contribution in [0.2, 0.25) is 0 Å². The number of unbranched alkanes of at least 4 members (excludes halogenated alkanes) is 3. The van der Waals surface area contributed by atoms with Gasteiger partial charge in [-0.3, -0.25) is 15.4 Å². The molecule has 0 radical (unpaired) electrons. The van der Waals surface area contributed by atoms with Crippen molar-refractivity contribution in [1.29, 1.82) is 5.41 Å². The van der Waals surface area contributed by atoms with Gasteiger partial charge in [-0.15, -0.1) is 0 Å². The number of rotatable bonds is 10. The fourth-order valence-electron chi connectivity index (χ4n) is 2.10. The minimum atomic E-state index is -0.418. The Kier molecular flexibility index (Phi) is 9.06. The molecule has 0 saturated carbocycles. The third-order valence-electron chi connectivity index (χ3n) is 3.35. The summed E-state index contributed by atoms with van der Waals surface area (Å²) in [4.78, 5) is 16.6. The lowest BCUT2D eigenvalue weighted by atomic mass is 10.1. The average Bonchev–Trinajstić information content (AvgIpc) is 2.59. The maximum atomic E-state index is 13.0. The van der Waals surface area contributed by atoms with Gasteiger partial charge in [-0.2, -0.15) is 0 Å². The Balaban J connectivity index is 2.53. The molecule has 1 aromatic heterocycles. The molecular weight excluding hydrogens is 313 g/mol. The second-order valence-electron chi connectivity index (χ2n) is 5.19. The highest BCUT2D eigenvalue weighted by molar-refractivity contribution is 6.02. The predicted molar refractivity (Wildman–Crippen MR) is 90.5 cm³/mol. The van der Waals surface area contributed by atoms with Crippen LogP contribution in [-0.4, -0.2) is 35.5 Å². The Morgan fingerprint density at radius 2 is 2.12 bits per heavy atom. The number of hydrogen-bond donors (Lipinski definition) is 4. The fourth-order valence-corrected chi connectivity index (χ4v) is 2.10. The van der Waals surface area contributed by atoms with E-state index in [1.165, 1.54) is 6.07 Å². The first kappa shape index (κ1) is 19.6. The molecule has 132 valence electrons. The Hall–Kier alpha value is -2.48. The molecule has 0 spiro atoms. The van der Waals surface area contributed by atoms with Crippen molar-refractivity contribution in [2.45, 2.75) is 32.1 Å². The number of pyridine rings is 1. The zero-order valence-corrected chi connectivity index (χ0v) is 13.8. The number of hydrogen-bond acceptors (Lipinski definition) is 5. The molecule has 0 aromatic carbocycles. The van der Waals surface area contributed by atoms with Crippen LogP contribution in [0.15, 0.2) is 30.6 Å². The lowest BCUT2D eigenvalue weighted by Gasteiger charge is -2.22. The third-order valence-corrected chi connectivity index (χ3v) is 3.35. The highest BCUT2D eigenvalue weighted by Gasteiger charge is 2.11. The summed E-state index contributed by atoms with van der Waals surface area (Å²) in [6, 6.07) is 2.86. The molecule has 0 aliphatic heterocycles. The normalized spacial score (nSPS) is 10.6. The van der Waals surface area contributed by atoms with Crippen LogP contribution in [-0.2, 0) is 4.79 Å². The summed E-state index contributed by atoms with van der Waals surface area (Å²) in [5.41, 5.74) is 1.61. The van der Waals surface area contributed by atoms with Gasteiger partial charge in [0.1, 0.15) is 17.5 Å². The average molecular weight is 337 g/mol. The number of hydroxylamine groups is 1. The molecular formula is C16H24FN5O2. The van der Waals surface area contributed by atoms with Gasteiger partial charge in [-0.05, 0) is 37.3 Å². The number of carbonyl (C=O) groups excluding carboxylic acids is 1. The van der Waals surface area contributed by atoms with Crippen LogP contribution in [0.5, 0.6) is 0 Å². The Bertz CT molecular complexity index is 548. The molecule has 24 heavy (non-hydrogen) atoms. The van der Waals surface area contributed by atoms with Gasteiger partial charge in [0.15, 0.2) is 0 Å². The fraction of sp³-hybridized carbons (Fsp3) is 0.438. The van der Waals surface area contributed by atoms with Gasteiger partial charge in [0.05, 0.1) is 6.20 Å². The summed E-state index contributed by atoms with van der Waals surface area (Å²) in [6.07, 6.45) is 7.89. The van der Waals surface area contributed by atoms with E-state index in [0.29, 0.717) is 25.2 Å². The number of nitrogens with zero attached hydrogens (tertiary/aromatic N) is 2. The molecule has 0 saturated heterocycles. The molecule has 0 aliphatic rings. The van der Waals surface area contributed by atoms with E-state index in [-0.39, 0.29) is 11.7 Å². The van der Waals surface area contributed by atoms with Gasteiger partial charge in [-0.25, -0.2) is 14.9 Å². The Morgan fingerprint density at radius 3 is 2.75 bits per heavy atom. The molecule has 8 heteroatoms. The maximum absolute atomic E-state index is 13.0. The number of carbonyl (C=O) groups is 1. The summed E-state index contributed by atoms with van der Waals surface area (Å²) in [6.45, 7) is 0.567. The molecule has 1 rings (SSSR count). The number of halogens is 1. The molecule has 0 atom stereocenters. The number of amidine groups is 1. The van der Waals surface area contributed by atoms with E-state index in [9.17, 15) is 9.18 Å². The van der Waals surface area contributed by atoms with Crippen molar-refractivity contribution in [3.63, 3.8) is 0 Å².